The molecule has 0 aromatic heterocycles. The van der Waals surface area contributed by atoms with Gasteiger partial charge in [0, 0.05) is 5.75 Å². The van der Waals surface area contributed by atoms with E-state index in [0.717, 1.165) is 0 Å². The minimum Gasteiger partial charge on any atom is -0.748 e. The molecule has 2 N–H and O–H groups in total. The molecule has 0 aromatic carbocycles. The Balaban J connectivity index is 0. The summed E-state index contributed by atoms with van der Waals surface area (Å²) in [4.78, 5) is 11.3. The Morgan fingerprint density at radius 3 is 2.28 bits per heavy atom. The number of ether oxygens (including phenoxy) is 1. The van der Waals surface area contributed by atoms with Gasteiger partial charge < -0.3 is 19.7 Å². The molecule has 18 heavy (non-hydrogen) atoms. The van der Waals surface area contributed by atoms with E-state index in [1.807, 2.05) is 0 Å². The van der Waals surface area contributed by atoms with Crippen LogP contribution in [0.1, 0.15) is 27.2 Å². The SMILES string of the molecule is CC(C)(C)OC(=O)N[C@H](CO)CCS(=O)(=O)[O-].[Na+]. The van der Waals surface area contributed by atoms with Crippen LogP contribution in [0.15, 0.2) is 0 Å². The van der Waals surface area contributed by atoms with Crippen LogP contribution in [-0.4, -0.2) is 48.2 Å². The fourth-order valence-corrected chi connectivity index (χ4v) is 1.54. The molecule has 7 nitrogen and oxygen atoms in total. The average molecular weight is 291 g/mol. The molecule has 1 amide bonds. The van der Waals surface area contributed by atoms with E-state index in [4.69, 9.17) is 9.84 Å². The first-order valence-electron chi connectivity index (χ1n) is 5.07. The van der Waals surface area contributed by atoms with E-state index in [1.165, 1.54) is 0 Å². The van der Waals surface area contributed by atoms with Crippen molar-refractivity contribution in [2.24, 2.45) is 0 Å². The van der Waals surface area contributed by atoms with Gasteiger partial charge in [-0.3, -0.25) is 0 Å². The van der Waals surface area contributed by atoms with Crippen LogP contribution < -0.4 is 34.9 Å². The zero-order valence-corrected chi connectivity index (χ0v) is 13.9. The molecule has 0 aliphatic carbocycles. The molecule has 0 aliphatic rings. The summed E-state index contributed by atoms with van der Waals surface area (Å²) >= 11 is 0. The zero-order valence-electron chi connectivity index (χ0n) is 11.1. The molecule has 0 radical (unpaired) electrons. The number of nitrogens with one attached hydrogen (secondary N) is 1. The van der Waals surface area contributed by atoms with Crippen LogP contribution in [0.3, 0.4) is 0 Å². The summed E-state index contributed by atoms with van der Waals surface area (Å²) in [6, 6.07) is -0.812. The zero-order chi connectivity index (χ0) is 13.7. The fraction of sp³-hybridized carbons (Fsp3) is 0.889. The van der Waals surface area contributed by atoms with Gasteiger partial charge in [-0.15, -0.1) is 0 Å². The van der Waals surface area contributed by atoms with E-state index in [2.05, 4.69) is 5.32 Å². The van der Waals surface area contributed by atoms with Crippen molar-refractivity contribution in [3.8, 4) is 0 Å². The molecule has 0 fully saturated rings. The molecule has 0 bridgehead atoms. The van der Waals surface area contributed by atoms with Crippen LogP contribution in [0.25, 0.3) is 0 Å². The standard InChI is InChI=1S/C9H19NO6S.Na/c1-9(2,3)16-8(12)10-7(6-11)4-5-17(13,14)15;/h7,11H,4-6H2,1-3H3,(H,10,12)(H,13,14,15);/q;+1/p-1/t7-;/m0./s1. The molecule has 102 valence electrons. The van der Waals surface area contributed by atoms with Crippen LogP contribution >= 0.6 is 0 Å². The van der Waals surface area contributed by atoms with Crippen molar-refractivity contribution in [2.45, 2.75) is 38.8 Å². The third-order valence-electron chi connectivity index (χ3n) is 1.66. The fourth-order valence-electron chi connectivity index (χ4n) is 0.970. The van der Waals surface area contributed by atoms with Crippen molar-refractivity contribution in [3.63, 3.8) is 0 Å². The number of amides is 1. The maximum Gasteiger partial charge on any atom is 1.00 e. The molecule has 9 heteroatoms. The first kappa shape index (κ1) is 20.5. The molecule has 0 heterocycles. The van der Waals surface area contributed by atoms with Gasteiger partial charge in [0.25, 0.3) is 0 Å². The molecule has 1 atom stereocenters. The van der Waals surface area contributed by atoms with Crippen LogP contribution in [0.4, 0.5) is 4.79 Å². The first-order valence-corrected chi connectivity index (χ1v) is 6.65. The predicted molar refractivity (Wildman–Crippen MR) is 59.4 cm³/mol. The van der Waals surface area contributed by atoms with Crippen LogP contribution in [0.5, 0.6) is 0 Å². The maximum atomic E-state index is 11.3. The second-order valence-electron chi connectivity index (χ2n) is 4.58. The second-order valence-corrected chi connectivity index (χ2v) is 6.10. The molecule has 0 saturated heterocycles. The molecule has 0 rings (SSSR count). The summed E-state index contributed by atoms with van der Waals surface area (Å²) in [5.74, 6) is -0.645. The molecular weight excluding hydrogens is 273 g/mol. The van der Waals surface area contributed by atoms with Crippen molar-refractivity contribution in [2.75, 3.05) is 12.4 Å². The minimum absolute atomic E-state index is 0. The van der Waals surface area contributed by atoms with E-state index in [1.54, 1.807) is 20.8 Å². The van der Waals surface area contributed by atoms with Crippen molar-refractivity contribution >= 4 is 16.2 Å². The Kier molecular flexibility index (Phi) is 9.48. The Morgan fingerprint density at radius 1 is 1.44 bits per heavy atom. The van der Waals surface area contributed by atoms with Gasteiger partial charge in [0.1, 0.15) is 5.60 Å². The number of carbonyl (C=O) groups excluding carboxylic acids is 1. The minimum atomic E-state index is -4.35. The smallest absolute Gasteiger partial charge is 0.748 e. The molecule has 0 aromatic rings. The topological polar surface area (TPSA) is 116 Å². The first-order chi connectivity index (χ1) is 7.53. The summed E-state index contributed by atoms with van der Waals surface area (Å²) in [6.07, 6.45) is -0.915. The number of carbonyl (C=O) groups is 1. The number of hydrogen-bond donors (Lipinski definition) is 2. The summed E-state index contributed by atoms with van der Waals surface area (Å²) < 4.78 is 36.1. The van der Waals surface area contributed by atoms with Crippen molar-refractivity contribution in [3.05, 3.63) is 0 Å². The van der Waals surface area contributed by atoms with Crippen molar-refractivity contribution in [1.29, 1.82) is 0 Å². The van der Waals surface area contributed by atoms with Crippen LogP contribution in [0.2, 0.25) is 0 Å². The van der Waals surface area contributed by atoms with E-state index in [0.29, 0.717) is 0 Å². The molecular formula is C9H18NNaO6S. The van der Waals surface area contributed by atoms with Gasteiger partial charge >= 0.3 is 35.7 Å². The van der Waals surface area contributed by atoms with Gasteiger partial charge in [0.05, 0.1) is 22.8 Å². The van der Waals surface area contributed by atoms with E-state index in [-0.39, 0.29) is 36.0 Å². The third kappa shape index (κ3) is 12.6. The number of aliphatic hydroxyl groups is 1. The Labute approximate surface area is 129 Å². The largest absolute Gasteiger partial charge is 1.00 e. The number of alkyl carbamates (subject to hydrolysis) is 1. The van der Waals surface area contributed by atoms with Crippen LogP contribution in [-0.2, 0) is 14.9 Å². The van der Waals surface area contributed by atoms with Gasteiger partial charge in [-0.25, -0.2) is 13.2 Å². The average Bonchev–Trinajstić information content (AvgIpc) is 2.07. The Morgan fingerprint density at radius 2 is 1.94 bits per heavy atom. The summed E-state index contributed by atoms with van der Waals surface area (Å²) in [5, 5.41) is 11.2. The molecule has 0 saturated carbocycles. The van der Waals surface area contributed by atoms with Crippen LogP contribution in [0, 0.1) is 0 Å². The number of aliphatic hydroxyl groups excluding tert-OH is 1. The van der Waals surface area contributed by atoms with Gasteiger partial charge in [-0.05, 0) is 27.2 Å². The normalized spacial score (nSPS) is 13.4. The quantitative estimate of drug-likeness (QED) is 0.407. The number of rotatable bonds is 5. The Hall–Kier alpha value is 0.140. The third-order valence-corrected chi connectivity index (χ3v) is 2.39. The van der Waals surface area contributed by atoms with Gasteiger partial charge in [-0.2, -0.15) is 0 Å². The predicted octanol–water partition coefficient (Wildman–Crippen LogP) is -3.19. The van der Waals surface area contributed by atoms with Gasteiger partial charge in [-0.1, -0.05) is 0 Å². The maximum absolute atomic E-state index is 11.3. The summed E-state index contributed by atoms with van der Waals surface area (Å²) in [6.45, 7) is 4.54. The molecule has 0 spiro atoms. The monoisotopic (exact) mass is 291 g/mol. The van der Waals surface area contributed by atoms with E-state index in [9.17, 15) is 17.8 Å². The number of hydrogen-bond acceptors (Lipinski definition) is 6. The molecule has 0 aliphatic heterocycles. The van der Waals surface area contributed by atoms with Gasteiger partial charge in [0.2, 0.25) is 0 Å². The van der Waals surface area contributed by atoms with E-state index >= 15 is 0 Å². The summed E-state index contributed by atoms with van der Waals surface area (Å²) in [7, 11) is -4.35. The van der Waals surface area contributed by atoms with E-state index < -0.39 is 40.2 Å². The summed E-state index contributed by atoms with van der Waals surface area (Å²) in [5.41, 5.74) is -0.686. The second kappa shape index (κ2) is 8.34. The van der Waals surface area contributed by atoms with Crippen molar-refractivity contribution in [1.82, 2.24) is 5.32 Å². The van der Waals surface area contributed by atoms with Gasteiger partial charge in [0.15, 0.2) is 0 Å². The van der Waals surface area contributed by atoms with Crippen molar-refractivity contribution < 1.29 is 57.2 Å². The Bertz CT molecular complexity index is 351. The molecule has 0 unspecified atom stereocenters.